The fourth-order valence-corrected chi connectivity index (χ4v) is 3.19. The summed E-state index contributed by atoms with van der Waals surface area (Å²) >= 11 is 0. The lowest BCUT2D eigenvalue weighted by Crippen LogP contribution is -2.00. The first kappa shape index (κ1) is 18.8. The number of fused-ring (bicyclic) bond motifs is 1. The molecule has 4 aromatic rings. The van der Waals surface area contributed by atoms with E-state index in [-0.39, 0.29) is 5.69 Å². The zero-order valence-corrected chi connectivity index (χ0v) is 15.8. The third-order valence-electron chi connectivity index (χ3n) is 4.64. The summed E-state index contributed by atoms with van der Waals surface area (Å²) in [5.74, 6) is 0.406. The summed E-state index contributed by atoms with van der Waals surface area (Å²) in [5, 5.41) is 25.3. The molecule has 8 heteroatoms. The van der Waals surface area contributed by atoms with Gasteiger partial charge in [0, 0.05) is 35.3 Å². The molecule has 8 nitrogen and oxygen atoms in total. The second kappa shape index (κ2) is 8.24. The molecule has 0 aliphatic heterocycles. The number of hydrogen-bond acceptors (Lipinski definition) is 6. The third-order valence-corrected chi connectivity index (χ3v) is 4.64. The van der Waals surface area contributed by atoms with Crippen molar-refractivity contribution >= 4 is 28.6 Å². The van der Waals surface area contributed by atoms with E-state index in [4.69, 9.17) is 0 Å². The highest BCUT2D eigenvalue weighted by atomic mass is 16.6. The molecule has 0 unspecified atom stereocenters. The Bertz CT molecular complexity index is 1290. The monoisotopic (exact) mass is 396 g/mol. The maximum atomic E-state index is 10.7. The van der Waals surface area contributed by atoms with Crippen LogP contribution < -0.4 is 5.43 Å². The maximum absolute atomic E-state index is 10.7. The molecule has 0 atom stereocenters. The average Bonchev–Trinajstić information content (AvgIpc) is 3.12. The third kappa shape index (κ3) is 3.86. The number of nitriles is 1. The second-order valence-electron chi connectivity index (χ2n) is 6.53. The van der Waals surface area contributed by atoms with Crippen molar-refractivity contribution in [3.05, 3.63) is 99.9 Å². The number of nitro groups is 1. The minimum absolute atomic E-state index is 0.0785. The molecule has 0 aliphatic carbocycles. The Hall–Kier alpha value is -4.51. The molecule has 0 saturated heterocycles. The van der Waals surface area contributed by atoms with Crippen molar-refractivity contribution in [3.8, 4) is 6.07 Å². The summed E-state index contributed by atoms with van der Waals surface area (Å²) in [7, 11) is 0. The molecular formula is C22H16N6O2. The molecule has 2 aromatic heterocycles. The fourth-order valence-electron chi connectivity index (χ4n) is 3.19. The SMILES string of the molecule is N#Cc1ccccc1Cn1cc(/C=N/Nc2ccc([N+](=O)[O-])cn2)c2ccccc21. The Labute approximate surface area is 171 Å². The first-order chi connectivity index (χ1) is 14.7. The van der Waals surface area contributed by atoms with Crippen molar-refractivity contribution in [2.45, 2.75) is 6.54 Å². The number of para-hydroxylation sites is 1. The molecule has 0 saturated carbocycles. The number of hydrazone groups is 1. The van der Waals surface area contributed by atoms with E-state index in [1.54, 1.807) is 6.21 Å². The van der Waals surface area contributed by atoms with Gasteiger partial charge >= 0.3 is 0 Å². The predicted octanol–water partition coefficient (Wildman–Crippen LogP) is 4.31. The Kier molecular flexibility index (Phi) is 5.17. The van der Waals surface area contributed by atoms with Gasteiger partial charge in [-0.3, -0.25) is 15.5 Å². The minimum Gasteiger partial charge on any atom is -0.342 e. The van der Waals surface area contributed by atoms with Gasteiger partial charge in [-0.25, -0.2) is 4.98 Å². The van der Waals surface area contributed by atoms with E-state index >= 15 is 0 Å². The van der Waals surface area contributed by atoms with Crippen LogP contribution in [0.5, 0.6) is 0 Å². The molecule has 146 valence electrons. The molecule has 30 heavy (non-hydrogen) atoms. The quantitative estimate of drug-likeness (QED) is 0.297. The molecular weight excluding hydrogens is 380 g/mol. The molecule has 1 N–H and O–H groups in total. The van der Waals surface area contributed by atoms with Crippen molar-refractivity contribution in [2.75, 3.05) is 5.43 Å². The Balaban J connectivity index is 1.59. The van der Waals surface area contributed by atoms with Crippen LogP contribution in [-0.2, 0) is 6.54 Å². The minimum atomic E-state index is -0.501. The summed E-state index contributed by atoms with van der Waals surface area (Å²) in [5.41, 5.74) is 6.22. The standard InChI is InChI=1S/C22H16N6O2/c23-11-16-5-1-2-6-17(16)14-27-15-18(20-7-3-4-8-21(20)27)12-25-26-22-10-9-19(13-24-22)28(29)30/h1-10,12-13,15H,14H2,(H,24,26)/b25-12+. The number of pyridine rings is 1. The van der Waals surface area contributed by atoms with Gasteiger partial charge in [-0.1, -0.05) is 36.4 Å². The van der Waals surface area contributed by atoms with Crippen LogP contribution in [0.25, 0.3) is 10.9 Å². The van der Waals surface area contributed by atoms with E-state index in [9.17, 15) is 15.4 Å². The lowest BCUT2D eigenvalue weighted by Gasteiger charge is -2.07. The summed E-state index contributed by atoms with van der Waals surface area (Å²) in [6.07, 6.45) is 4.84. The molecule has 0 bridgehead atoms. The maximum Gasteiger partial charge on any atom is 0.287 e. The lowest BCUT2D eigenvalue weighted by molar-refractivity contribution is -0.385. The van der Waals surface area contributed by atoms with Gasteiger partial charge < -0.3 is 4.57 Å². The molecule has 2 aromatic carbocycles. The zero-order valence-electron chi connectivity index (χ0n) is 15.8. The number of hydrogen-bond donors (Lipinski definition) is 1. The number of rotatable bonds is 6. The van der Waals surface area contributed by atoms with E-state index in [0.717, 1.165) is 22.0 Å². The van der Waals surface area contributed by atoms with Gasteiger partial charge in [0.1, 0.15) is 12.0 Å². The molecule has 0 aliphatic rings. The Morgan fingerprint density at radius 1 is 1.17 bits per heavy atom. The Morgan fingerprint density at radius 2 is 1.97 bits per heavy atom. The largest absolute Gasteiger partial charge is 0.342 e. The van der Waals surface area contributed by atoms with Crippen molar-refractivity contribution in [3.63, 3.8) is 0 Å². The van der Waals surface area contributed by atoms with Crippen LogP contribution in [-0.4, -0.2) is 20.7 Å². The van der Waals surface area contributed by atoms with Crippen molar-refractivity contribution in [1.29, 1.82) is 5.26 Å². The first-order valence-corrected chi connectivity index (χ1v) is 9.11. The highest BCUT2D eigenvalue weighted by molar-refractivity contribution is 5.99. The molecule has 0 radical (unpaired) electrons. The molecule has 0 spiro atoms. The second-order valence-corrected chi connectivity index (χ2v) is 6.53. The first-order valence-electron chi connectivity index (χ1n) is 9.11. The van der Waals surface area contributed by atoms with Crippen LogP contribution in [0.1, 0.15) is 16.7 Å². The molecule has 0 fully saturated rings. The fraction of sp³-hybridized carbons (Fsp3) is 0.0455. The van der Waals surface area contributed by atoms with E-state index in [2.05, 4.69) is 26.1 Å². The molecule has 0 amide bonds. The van der Waals surface area contributed by atoms with Gasteiger partial charge in [0.25, 0.3) is 5.69 Å². The number of benzene rings is 2. The van der Waals surface area contributed by atoms with E-state index in [1.807, 2.05) is 54.7 Å². The van der Waals surface area contributed by atoms with Crippen molar-refractivity contribution in [1.82, 2.24) is 9.55 Å². The average molecular weight is 396 g/mol. The predicted molar refractivity (Wildman–Crippen MR) is 114 cm³/mol. The van der Waals surface area contributed by atoms with Gasteiger partial charge in [0.05, 0.1) is 22.8 Å². The van der Waals surface area contributed by atoms with Crippen LogP contribution >= 0.6 is 0 Å². The van der Waals surface area contributed by atoms with E-state index in [0.29, 0.717) is 17.9 Å². The van der Waals surface area contributed by atoms with Crippen LogP contribution in [0.3, 0.4) is 0 Å². The normalized spacial score (nSPS) is 10.9. The van der Waals surface area contributed by atoms with E-state index < -0.39 is 4.92 Å². The number of nitrogens with zero attached hydrogens (tertiary/aromatic N) is 5. The molecule has 2 heterocycles. The van der Waals surface area contributed by atoms with E-state index in [1.165, 1.54) is 18.3 Å². The van der Waals surface area contributed by atoms with Crippen molar-refractivity contribution < 1.29 is 4.92 Å². The zero-order chi connectivity index (χ0) is 20.9. The number of anilines is 1. The number of aromatic nitrogens is 2. The van der Waals surface area contributed by atoms with Gasteiger partial charge in [-0.05, 0) is 23.8 Å². The number of nitrogens with one attached hydrogen (secondary N) is 1. The van der Waals surface area contributed by atoms with Crippen LogP contribution in [0, 0.1) is 21.4 Å². The van der Waals surface area contributed by atoms with Crippen LogP contribution in [0.2, 0.25) is 0 Å². The lowest BCUT2D eigenvalue weighted by atomic mass is 10.1. The summed E-state index contributed by atoms with van der Waals surface area (Å²) in [6.45, 7) is 0.565. The van der Waals surface area contributed by atoms with Crippen molar-refractivity contribution in [2.24, 2.45) is 5.10 Å². The Morgan fingerprint density at radius 3 is 2.73 bits per heavy atom. The highest BCUT2D eigenvalue weighted by Gasteiger charge is 2.09. The van der Waals surface area contributed by atoms with Gasteiger partial charge in [0.2, 0.25) is 0 Å². The summed E-state index contributed by atoms with van der Waals surface area (Å²) in [6, 6.07) is 20.6. The molecule has 4 rings (SSSR count). The van der Waals surface area contributed by atoms with Crippen LogP contribution in [0.4, 0.5) is 11.5 Å². The van der Waals surface area contributed by atoms with Crippen LogP contribution in [0.15, 0.2) is 78.2 Å². The van der Waals surface area contributed by atoms with Gasteiger partial charge in [-0.15, -0.1) is 0 Å². The van der Waals surface area contributed by atoms with Gasteiger partial charge in [-0.2, -0.15) is 10.4 Å². The highest BCUT2D eigenvalue weighted by Crippen LogP contribution is 2.22. The summed E-state index contributed by atoms with van der Waals surface area (Å²) < 4.78 is 2.08. The topological polar surface area (TPSA) is 109 Å². The summed E-state index contributed by atoms with van der Waals surface area (Å²) in [4.78, 5) is 14.2. The smallest absolute Gasteiger partial charge is 0.287 e. The van der Waals surface area contributed by atoms with Gasteiger partial charge in [0.15, 0.2) is 0 Å².